The smallest absolute Gasteiger partial charge is 0.135 e. The summed E-state index contributed by atoms with van der Waals surface area (Å²) in [5.74, 6) is 1.72. The summed E-state index contributed by atoms with van der Waals surface area (Å²) in [4.78, 5) is 9.62. The predicted octanol–water partition coefficient (Wildman–Crippen LogP) is 17.6. The summed E-state index contributed by atoms with van der Waals surface area (Å²) < 4.78 is 72.1. The van der Waals surface area contributed by atoms with Crippen LogP contribution in [0.4, 0.5) is 22.7 Å². The Morgan fingerprint density at radius 2 is 1.19 bits per heavy atom. The molecule has 0 fully saturated rings. The fourth-order valence-corrected chi connectivity index (χ4v) is 10.0. The van der Waals surface area contributed by atoms with Crippen molar-refractivity contribution >= 4 is 66.4 Å². The summed E-state index contributed by atoms with van der Waals surface area (Å²) in [5, 5.41) is 2.35. The van der Waals surface area contributed by atoms with Crippen molar-refractivity contribution in [1.82, 2.24) is 14.1 Å². The summed E-state index contributed by atoms with van der Waals surface area (Å²) in [6.45, 7) is 22.2. The zero-order valence-electron chi connectivity index (χ0n) is 49.3. The summed E-state index contributed by atoms with van der Waals surface area (Å²) in [5.41, 5.74) is 11.3. The fourth-order valence-electron chi connectivity index (χ4n) is 10.0. The molecule has 0 saturated heterocycles. The SMILES string of the molecule is [2H]c1cc([2H])c2c3c([2H])c([2H])c([2H])c([2H])c3n(-c3cccc(-c4cnc(-n5c6[c-]c(Oc7[c-]c(N8[CH-]N(c9cc(C(C)(C)C)cc(C(C)(C)C)c9)c9ccccc98)ccc7)ccc6c6ccccc65)cc4C(C)(C)C)c3)c2c1[2H].[Pt]. The molecule has 11 aromatic rings. The minimum Gasteiger partial charge on any atom is -0.509 e. The average molecular weight is 1140 g/mol. The molecule has 0 unspecified atom stereocenters. The van der Waals surface area contributed by atoms with Crippen molar-refractivity contribution in [3.8, 4) is 34.1 Å². The van der Waals surface area contributed by atoms with E-state index >= 15 is 0 Å². The van der Waals surface area contributed by atoms with Crippen molar-refractivity contribution in [2.24, 2.45) is 0 Å². The number of para-hydroxylation sites is 5. The Morgan fingerprint density at radius 1 is 0.521 bits per heavy atom. The van der Waals surface area contributed by atoms with Gasteiger partial charge in [0.05, 0.1) is 20.6 Å². The summed E-state index contributed by atoms with van der Waals surface area (Å²) >= 11 is 0. The molecule has 1 aliphatic rings. The topological polar surface area (TPSA) is 38.5 Å². The Bertz CT molecular complexity index is 4300. The molecule has 0 saturated carbocycles. The second kappa shape index (κ2) is 18.0. The number of pyridine rings is 1. The largest absolute Gasteiger partial charge is 0.509 e. The minimum atomic E-state index is -0.426. The Morgan fingerprint density at radius 3 is 1.95 bits per heavy atom. The van der Waals surface area contributed by atoms with Crippen molar-refractivity contribution in [2.75, 3.05) is 9.80 Å². The number of fused-ring (bicyclic) bond motifs is 7. The van der Waals surface area contributed by atoms with Gasteiger partial charge in [0.1, 0.15) is 5.82 Å². The number of rotatable bonds is 7. The van der Waals surface area contributed by atoms with Crippen LogP contribution in [0.2, 0.25) is 0 Å². The van der Waals surface area contributed by atoms with Crippen LogP contribution >= 0.6 is 0 Å². The standard InChI is InChI=1S/C66H58N5O.Pt/c1-64(2,3)44-35-45(65(4,5)6)37-48(36-44)69-42-68(60-30-16-17-31-61(60)69)46-21-19-23-49(38-46)72-50-32-33-54-53-26-12-15-29-59(53)71(62(54)39-50)63-40-56(66(7,8)9)55(41-67-63)43-20-18-22-47(34-43)70-57-27-13-10-24-51(57)52-25-11-14-28-58(52)70;/h10-37,40-42H,1-9H3;/q-3;/i10D,13D,14D,24D,25D,27D,28D;. The van der Waals surface area contributed by atoms with Crippen LogP contribution in [0.25, 0.3) is 66.2 Å². The van der Waals surface area contributed by atoms with Crippen LogP contribution in [0.3, 0.4) is 0 Å². The normalized spacial score (nSPS) is 14.4. The zero-order valence-corrected chi connectivity index (χ0v) is 44.6. The first-order chi connectivity index (χ1) is 37.5. The first-order valence-electron chi connectivity index (χ1n) is 27.9. The van der Waals surface area contributed by atoms with Crippen LogP contribution in [0.1, 0.15) is 88.6 Å². The van der Waals surface area contributed by atoms with Gasteiger partial charge in [-0.1, -0.05) is 153 Å². The molecule has 0 atom stereocenters. The molecule has 4 heterocycles. The van der Waals surface area contributed by atoms with E-state index < -0.39 is 17.5 Å². The molecule has 366 valence electrons. The van der Waals surface area contributed by atoms with Gasteiger partial charge in [-0.15, -0.1) is 48.1 Å². The van der Waals surface area contributed by atoms with Crippen molar-refractivity contribution in [3.05, 3.63) is 217 Å². The van der Waals surface area contributed by atoms with Gasteiger partial charge in [0.25, 0.3) is 0 Å². The third kappa shape index (κ3) is 8.50. The molecule has 8 aromatic carbocycles. The molecule has 3 aromatic heterocycles. The van der Waals surface area contributed by atoms with E-state index in [1.807, 2.05) is 66.9 Å². The van der Waals surface area contributed by atoms with E-state index in [4.69, 9.17) is 19.3 Å². The number of aromatic nitrogens is 3. The Hall–Kier alpha value is -7.40. The summed E-state index contributed by atoms with van der Waals surface area (Å²) in [6, 6.07) is 49.8. The van der Waals surface area contributed by atoms with Gasteiger partial charge in [-0.05, 0) is 105 Å². The van der Waals surface area contributed by atoms with Gasteiger partial charge in [-0.25, -0.2) is 4.98 Å². The molecule has 7 heteroatoms. The molecule has 0 N–H and O–H groups in total. The number of hydrogen-bond acceptors (Lipinski definition) is 4. The van der Waals surface area contributed by atoms with Gasteiger partial charge in [0.15, 0.2) is 0 Å². The summed E-state index contributed by atoms with van der Waals surface area (Å²) in [6.07, 6.45) is 1.87. The molecule has 12 rings (SSSR count). The molecule has 1 aliphatic heterocycles. The molecule has 0 spiro atoms. The Labute approximate surface area is 453 Å². The molecule has 0 amide bonds. The van der Waals surface area contributed by atoms with Crippen LogP contribution in [-0.2, 0) is 37.3 Å². The van der Waals surface area contributed by atoms with Gasteiger partial charge in [-0.2, -0.15) is 12.1 Å². The van der Waals surface area contributed by atoms with Crippen LogP contribution in [0, 0.1) is 18.8 Å². The van der Waals surface area contributed by atoms with E-state index in [2.05, 4.69) is 162 Å². The maximum atomic E-state index is 9.07. The van der Waals surface area contributed by atoms with E-state index in [1.54, 1.807) is 4.57 Å². The number of nitrogens with zero attached hydrogens (tertiary/aromatic N) is 5. The second-order valence-corrected chi connectivity index (χ2v) is 21.8. The van der Waals surface area contributed by atoms with E-state index in [0.29, 0.717) is 23.0 Å². The second-order valence-electron chi connectivity index (χ2n) is 21.8. The van der Waals surface area contributed by atoms with Crippen LogP contribution in [-0.4, -0.2) is 14.1 Å². The van der Waals surface area contributed by atoms with Gasteiger partial charge < -0.3 is 23.7 Å². The molecule has 73 heavy (non-hydrogen) atoms. The van der Waals surface area contributed by atoms with Crippen molar-refractivity contribution in [1.29, 1.82) is 0 Å². The first kappa shape index (κ1) is 40.1. The maximum absolute atomic E-state index is 9.07. The quantitative estimate of drug-likeness (QED) is 0.149. The van der Waals surface area contributed by atoms with Crippen LogP contribution in [0.5, 0.6) is 11.5 Å². The number of anilines is 4. The maximum Gasteiger partial charge on any atom is 0.135 e. The molecule has 0 bridgehead atoms. The number of benzene rings is 8. The van der Waals surface area contributed by atoms with E-state index in [1.165, 1.54) is 17.2 Å². The van der Waals surface area contributed by atoms with Gasteiger partial charge in [0.2, 0.25) is 0 Å². The Kier molecular flexibility index (Phi) is 9.87. The molecule has 6 nitrogen and oxygen atoms in total. The predicted molar refractivity (Wildman–Crippen MR) is 300 cm³/mol. The fraction of sp³-hybridized carbons (Fsp3) is 0.182. The van der Waals surface area contributed by atoms with Crippen molar-refractivity contribution in [3.63, 3.8) is 0 Å². The van der Waals surface area contributed by atoms with E-state index in [9.17, 15) is 0 Å². The first-order valence-corrected chi connectivity index (χ1v) is 24.4. The summed E-state index contributed by atoms with van der Waals surface area (Å²) in [7, 11) is 0. The van der Waals surface area contributed by atoms with E-state index in [-0.39, 0.29) is 83.9 Å². The Balaban J connectivity index is 0.00000675. The zero-order chi connectivity index (χ0) is 55.8. The van der Waals surface area contributed by atoms with Gasteiger partial charge in [0, 0.05) is 83.4 Å². The third-order valence-electron chi connectivity index (χ3n) is 13.8. The monoisotopic (exact) mass is 1140 g/mol. The van der Waals surface area contributed by atoms with E-state index in [0.717, 1.165) is 61.2 Å². The van der Waals surface area contributed by atoms with Crippen LogP contribution < -0.4 is 14.5 Å². The number of ether oxygens (including phenoxy) is 1. The molecule has 0 aliphatic carbocycles. The molecule has 0 radical (unpaired) electrons. The van der Waals surface area contributed by atoms with Crippen molar-refractivity contribution in [2.45, 2.75) is 78.6 Å². The third-order valence-corrected chi connectivity index (χ3v) is 13.8. The van der Waals surface area contributed by atoms with Crippen molar-refractivity contribution < 1.29 is 35.4 Å². The average Bonchev–Trinajstić information content (AvgIpc) is 4.24. The van der Waals surface area contributed by atoms with Crippen LogP contribution in [0.15, 0.2) is 182 Å². The minimum absolute atomic E-state index is 0. The van der Waals surface area contributed by atoms with Gasteiger partial charge >= 0.3 is 0 Å². The molecular formula is C66H58N5OPt-3. The van der Waals surface area contributed by atoms with Gasteiger partial charge in [-0.3, -0.25) is 0 Å². The molecular weight excluding hydrogens is 1070 g/mol. The number of hydrogen-bond donors (Lipinski definition) is 0.